The maximum Gasteiger partial charge on any atom is 0.235 e. The van der Waals surface area contributed by atoms with E-state index in [-0.39, 0.29) is 12.5 Å². The maximum absolute atomic E-state index is 12.2. The molecule has 1 aromatic carbocycles. The van der Waals surface area contributed by atoms with Gasteiger partial charge in [0, 0.05) is 13.6 Å². The molecule has 0 radical (unpaired) electrons. The Labute approximate surface area is 107 Å². The number of amides is 1. The van der Waals surface area contributed by atoms with E-state index in [0.717, 1.165) is 5.56 Å². The first-order valence-corrected chi connectivity index (χ1v) is 6.07. The van der Waals surface area contributed by atoms with Crippen LogP contribution in [-0.4, -0.2) is 42.8 Å². The van der Waals surface area contributed by atoms with Gasteiger partial charge in [-0.25, -0.2) is 0 Å². The average Bonchev–Trinajstić information content (AvgIpc) is 2.31. The molecule has 0 bridgehead atoms. The lowest BCUT2D eigenvalue weighted by molar-refractivity contribution is -0.179. The number of nitrogens with zero attached hydrogens (tertiary/aromatic N) is 1. The second-order valence-electron chi connectivity index (χ2n) is 5.08. The van der Waals surface area contributed by atoms with E-state index in [1.54, 1.807) is 11.9 Å². The van der Waals surface area contributed by atoms with Crippen LogP contribution in [0.3, 0.4) is 0 Å². The van der Waals surface area contributed by atoms with Crippen LogP contribution in [-0.2, 0) is 16.1 Å². The molecule has 4 nitrogen and oxygen atoms in total. The lowest BCUT2D eigenvalue weighted by atomic mass is 9.85. The normalized spacial score (nSPS) is 17.1. The summed E-state index contributed by atoms with van der Waals surface area (Å²) in [5.74, 6) is -0.0446. The summed E-state index contributed by atoms with van der Waals surface area (Å²) >= 11 is 0. The van der Waals surface area contributed by atoms with Crippen molar-refractivity contribution in [1.29, 1.82) is 0 Å². The Morgan fingerprint density at radius 1 is 1.39 bits per heavy atom. The molecule has 1 amide bonds. The number of hydrogen-bond acceptors (Lipinski definition) is 3. The molecule has 0 saturated carbocycles. The molecule has 0 spiro atoms. The number of carbonyl (C=O) groups is 1. The standard InChI is InChI=1S/C14H19NO3/c1-11-3-5-12(6-4-11)7-15(2)13(17)14(8-16)9-18-10-14/h3-6,16H,7-10H2,1-2H3. The highest BCUT2D eigenvalue weighted by atomic mass is 16.5. The summed E-state index contributed by atoms with van der Waals surface area (Å²) in [5, 5.41) is 9.33. The fourth-order valence-corrected chi connectivity index (χ4v) is 2.07. The van der Waals surface area contributed by atoms with E-state index < -0.39 is 5.41 Å². The van der Waals surface area contributed by atoms with Crippen molar-refractivity contribution in [1.82, 2.24) is 4.90 Å². The maximum atomic E-state index is 12.2. The molecule has 1 saturated heterocycles. The van der Waals surface area contributed by atoms with E-state index in [0.29, 0.717) is 19.8 Å². The van der Waals surface area contributed by atoms with Crippen LogP contribution in [0, 0.1) is 12.3 Å². The number of carbonyl (C=O) groups excluding carboxylic acids is 1. The molecule has 1 N–H and O–H groups in total. The van der Waals surface area contributed by atoms with Gasteiger partial charge in [0.15, 0.2) is 0 Å². The van der Waals surface area contributed by atoms with E-state index in [9.17, 15) is 9.90 Å². The van der Waals surface area contributed by atoms with Gasteiger partial charge in [-0.3, -0.25) is 4.79 Å². The van der Waals surface area contributed by atoms with Gasteiger partial charge in [-0.1, -0.05) is 29.8 Å². The first-order chi connectivity index (χ1) is 8.57. The SMILES string of the molecule is Cc1ccc(CN(C)C(=O)C2(CO)COC2)cc1. The molecule has 1 aromatic rings. The molecular formula is C14H19NO3. The molecular weight excluding hydrogens is 230 g/mol. The minimum Gasteiger partial charge on any atom is -0.395 e. The highest BCUT2D eigenvalue weighted by molar-refractivity contribution is 5.83. The van der Waals surface area contributed by atoms with Gasteiger partial charge in [0.2, 0.25) is 5.91 Å². The van der Waals surface area contributed by atoms with Gasteiger partial charge in [-0.15, -0.1) is 0 Å². The number of benzene rings is 1. The number of hydrogen-bond donors (Lipinski definition) is 1. The lowest BCUT2D eigenvalue weighted by Gasteiger charge is -2.40. The first kappa shape index (κ1) is 13.1. The molecule has 1 aliphatic heterocycles. The summed E-state index contributed by atoms with van der Waals surface area (Å²) in [7, 11) is 1.76. The zero-order valence-electron chi connectivity index (χ0n) is 10.8. The second-order valence-corrected chi connectivity index (χ2v) is 5.08. The van der Waals surface area contributed by atoms with Crippen molar-refractivity contribution >= 4 is 5.91 Å². The van der Waals surface area contributed by atoms with E-state index >= 15 is 0 Å². The molecule has 0 unspecified atom stereocenters. The Hall–Kier alpha value is -1.39. The third-order valence-corrected chi connectivity index (χ3v) is 3.40. The van der Waals surface area contributed by atoms with Gasteiger partial charge in [-0.05, 0) is 12.5 Å². The number of rotatable bonds is 4. The zero-order valence-corrected chi connectivity index (χ0v) is 10.8. The summed E-state index contributed by atoms with van der Waals surface area (Å²) in [4.78, 5) is 13.9. The van der Waals surface area contributed by atoms with Crippen LogP contribution >= 0.6 is 0 Å². The van der Waals surface area contributed by atoms with Crippen LogP contribution < -0.4 is 0 Å². The van der Waals surface area contributed by atoms with Crippen molar-refractivity contribution in [2.24, 2.45) is 5.41 Å². The molecule has 18 heavy (non-hydrogen) atoms. The lowest BCUT2D eigenvalue weighted by Crippen LogP contribution is -2.56. The minimum atomic E-state index is -0.709. The fraction of sp³-hybridized carbons (Fsp3) is 0.500. The summed E-state index contributed by atoms with van der Waals surface area (Å²) in [6.45, 7) is 3.08. The Kier molecular flexibility index (Phi) is 3.68. The van der Waals surface area contributed by atoms with Gasteiger partial charge < -0.3 is 14.7 Å². The van der Waals surface area contributed by atoms with Crippen molar-refractivity contribution in [3.8, 4) is 0 Å². The van der Waals surface area contributed by atoms with Crippen LogP contribution in [0.2, 0.25) is 0 Å². The Morgan fingerprint density at radius 2 is 2.00 bits per heavy atom. The third kappa shape index (κ3) is 2.40. The Bertz CT molecular complexity index is 418. The summed E-state index contributed by atoms with van der Waals surface area (Å²) in [6.07, 6.45) is 0. The van der Waals surface area contributed by atoms with E-state index in [1.165, 1.54) is 5.56 Å². The summed E-state index contributed by atoms with van der Waals surface area (Å²) in [5.41, 5.74) is 1.58. The van der Waals surface area contributed by atoms with Gasteiger partial charge in [0.25, 0.3) is 0 Å². The largest absolute Gasteiger partial charge is 0.395 e. The first-order valence-electron chi connectivity index (χ1n) is 6.07. The molecule has 1 heterocycles. The predicted molar refractivity (Wildman–Crippen MR) is 68.0 cm³/mol. The van der Waals surface area contributed by atoms with E-state index in [4.69, 9.17) is 4.74 Å². The highest BCUT2D eigenvalue weighted by Gasteiger charge is 2.46. The van der Waals surface area contributed by atoms with Crippen LogP contribution in [0.4, 0.5) is 0 Å². The van der Waals surface area contributed by atoms with Crippen LogP contribution in [0.5, 0.6) is 0 Å². The molecule has 1 fully saturated rings. The van der Waals surface area contributed by atoms with E-state index in [1.807, 2.05) is 31.2 Å². The van der Waals surface area contributed by atoms with Crippen molar-refractivity contribution in [2.45, 2.75) is 13.5 Å². The number of ether oxygens (including phenoxy) is 1. The molecule has 2 rings (SSSR count). The third-order valence-electron chi connectivity index (χ3n) is 3.40. The summed E-state index contributed by atoms with van der Waals surface area (Å²) < 4.78 is 5.06. The molecule has 0 aromatic heterocycles. The van der Waals surface area contributed by atoms with Gasteiger partial charge in [0.05, 0.1) is 19.8 Å². The number of aliphatic hydroxyl groups excluding tert-OH is 1. The van der Waals surface area contributed by atoms with Crippen LogP contribution in [0.15, 0.2) is 24.3 Å². The quantitative estimate of drug-likeness (QED) is 0.864. The van der Waals surface area contributed by atoms with Crippen LogP contribution in [0.25, 0.3) is 0 Å². The second kappa shape index (κ2) is 5.08. The molecule has 98 valence electrons. The fourth-order valence-electron chi connectivity index (χ4n) is 2.07. The molecule has 1 aliphatic rings. The van der Waals surface area contributed by atoms with Crippen LogP contribution in [0.1, 0.15) is 11.1 Å². The average molecular weight is 249 g/mol. The molecule has 0 atom stereocenters. The highest BCUT2D eigenvalue weighted by Crippen LogP contribution is 2.29. The number of aliphatic hydroxyl groups is 1. The van der Waals surface area contributed by atoms with Crippen molar-refractivity contribution in [3.05, 3.63) is 35.4 Å². The van der Waals surface area contributed by atoms with Gasteiger partial charge >= 0.3 is 0 Å². The molecule has 0 aliphatic carbocycles. The monoisotopic (exact) mass is 249 g/mol. The van der Waals surface area contributed by atoms with Gasteiger partial charge in [0.1, 0.15) is 5.41 Å². The summed E-state index contributed by atoms with van der Waals surface area (Å²) in [6, 6.07) is 8.09. The molecule has 4 heteroatoms. The van der Waals surface area contributed by atoms with Crippen molar-refractivity contribution < 1.29 is 14.6 Å². The topological polar surface area (TPSA) is 49.8 Å². The van der Waals surface area contributed by atoms with Crippen molar-refractivity contribution in [3.63, 3.8) is 0 Å². The predicted octanol–water partition coefficient (Wildman–Crippen LogP) is 0.962. The smallest absolute Gasteiger partial charge is 0.235 e. The Balaban J connectivity index is 2.01. The zero-order chi connectivity index (χ0) is 13.2. The van der Waals surface area contributed by atoms with Crippen molar-refractivity contribution in [2.75, 3.05) is 26.9 Å². The Morgan fingerprint density at radius 3 is 2.44 bits per heavy atom. The van der Waals surface area contributed by atoms with E-state index in [2.05, 4.69) is 0 Å². The number of aryl methyl sites for hydroxylation is 1. The minimum absolute atomic E-state index is 0.0446. The van der Waals surface area contributed by atoms with Gasteiger partial charge in [-0.2, -0.15) is 0 Å².